The normalized spacial score (nSPS) is 13.8. The Morgan fingerprint density at radius 3 is 2.17 bits per heavy atom. The second-order valence-electron chi connectivity index (χ2n) is 5.97. The van der Waals surface area contributed by atoms with Gasteiger partial charge < -0.3 is 0 Å². The van der Waals surface area contributed by atoms with E-state index in [9.17, 15) is 0 Å². The lowest BCUT2D eigenvalue weighted by Gasteiger charge is -2.29. The molecule has 3 nitrogen and oxygen atoms in total. The molecule has 2 aromatic heterocycles. The summed E-state index contributed by atoms with van der Waals surface area (Å²) in [5.74, 6) is 0. The third kappa shape index (κ3) is 6.46. The summed E-state index contributed by atoms with van der Waals surface area (Å²) in [7, 11) is 0. The minimum Gasteiger partial charge on any atom is -0.265 e. The van der Waals surface area contributed by atoms with Crippen molar-refractivity contribution in [3.63, 3.8) is 0 Å². The zero-order valence-corrected chi connectivity index (χ0v) is 17.1. The van der Waals surface area contributed by atoms with Crippen LogP contribution in [0.4, 0.5) is 0 Å². The van der Waals surface area contributed by atoms with E-state index in [1.54, 1.807) is 0 Å². The molecule has 3 heteroatoms. The predicted octanol–water partition coefficient (Wildman–Crippen LogP) is 5.92. The monoisotopic (exact) mass is 331 g/mol. The largest absolute Gasteiger partial charge is 0.265 e. The van der Waals surface area contributed by atoms with E-state index >= 15 is 0 Å². The molecule has 0 N–H and O–H groups in total. The molecule has 0 saturated heterocycles. The van der Waals surface area contributed by atoms with Gasteiger partial charge in [-0.3, -0.25) is 9.67 Å². The van der Waals surface area contributed by atoms with Crippen LogP contribution in [-0.4, -0.2) is 14.8 Å². The molecule has 0 bridgehead atoms. The van der Waals surface area contributed by atoms with Crippen LogP contribution in [0.1, 0.15) is 78.6 Å². The number of hydrogen-bond donors (Lipinski definition) is 0. The molecule has 0 fully saturated rings. The Kier molecular flexibility index (Phi) is 11.0. The highest BCUT2D eigenvalue weighted by Gasteiger charge is 2.27. The molecule has 0 atom stereocenters. The molecule has 1 aliphatic rings. The van der Waals surface area contributed by atoms with Crippen molar-refractivity contribution in [2.45, 2.75) is 81.2 Å². The van der Waals surface area contributed by atoms with Gasteiger partial charge in [0, 0.05) is 18.1 Å². The summed E-state index contributed by atoms with van der Waals surface area (Å²) in [6.07, 6.45) is 9.29. The Hall–Kier alpha value is -1.64. The average molecular weight is 332 g/mol. The van der Waals surface area contributed by atoms with Gasteiger partial charge in [0.05, 0.1) is 12.7 Å². The molecule has 0 unspecified atom stereocenters. The van der Waals surface area contributed by atoms with Gasteiger partial charge in [-0.15, -0.1) is 0 Å². The lowest BCUT2D eigenvalue weighted by atomic mass is 9.77. The first-order valence-corrected chi connectivity index (χ1v) is 9.56. The van der Waals surface area contributed by atoms with Gasteiger partial charge in [-0.05, 0) is 47.9 Å². The van der Waals surface area contributed by atoms with Crippen molar-refractivity contribution >= 4 is 0 Å². The van der Waals surface area contributed by atoms with Crippen molar-refractivity contribution in [3.8, 4) is 0 Å². The van der Waals surface area contributed by atoms with Crippen molar-refractivity contribution < 1.29 is 0 Å². The molecule has 0 amide bonds. The Balaban J connectivity index is 0.000000798. The first-order valence-electron chi connectivity index (χ1n) is 9.56. The Labute approximate surface area is 149 Å². The minimum atomic E-state index is 0.428. The van der Waals surface area contributed by atoms with Crippen LogP contribution in [0.15, 0.2) is 30.7 Å². The van der Waals surface area contributed by atoms with Crippen molar-refractivity contribution in [2.24, 2.45) is 5.41 Å². The quantitative estimate of drug-likeness (QED) is 0.684. The summed E-state index contributed by atoms with van der Waals surface area (Å²) < 4.78 is 2.15. The predicted molar refractivity (Wildman–Crippen MR) is 105 cm³/mol. The van der Waals surface area contributed by atoms with Crippen LogP contribution >= 0.6 is 0 Å². The first-order chi connectivity index (χ1) is 11.6. The Bertz CT molecular complexity index is 541. The van der Waals surface area contributed by atoms with E-state index in [-0.39, 0.29) is 0 Å². The molecule has 0 aliphatic heterocycles. The van der Waals surface area contributed by atoms with Gasteiger partial charge in [0.15, 0.2) is 0 Å². The van der Waals surface area contributed by atoms with Crippen molar-refractivity contribution in [1.29, 1.82) is 0 Å². The number of nitrogens with zero attached hydrogens (tertiary/aromatic N) is 3. The molecule has 3 rings (SSSR count). The average Bonchev–Trinajstić information content (AvgIpc) is 3.01. The fraction of sp³-hybridized carbons (Fsp3) is 0.619. The molecule has 2 aromatic rings. The van der Waals surface area contributed by atoms with Gasteiger partial charge in [0.25, 0.3) is 0 Å². The van der Waals surface area contributed by atoms with Crippen LogP contribution in [0, 0.1) is 5.41 Å². The second kappa shape index (κ2) is 11.8. The SMILES string of the molecule is CC.CC.CC.CC1(C)CCc2c(cnn2Cc2ccncc2)C1. The summed E-state index contributed by atoms with van der Waals surface area (Å²) in [5.41, 5.74) is 4.55. The second-order valence-corrected chi connectivity index (χ2v) is 5.97. The lowest BCUT2D eigenvalue weighted by molar-refractivity contribution is 0.310. The molecular weight excluding hydrogens is 294 g/mol. The zero-order chi connectivity index (χ0) is 18.6. The topological polar surface area (TPSA) is 30.7 Å². The molecular formula is C21H37N3. The summed E-state index contributed by atoms with van der Waals surface area (Å²) >= 11 is 0. The summed E-state index contributed by atoms with van der Waals surface area (Å²) in [5, 5.41) is 4.55. The van der Waals surface area contributed by atoms with Gasteiger partial charge in [-0.25, -0.2) is 0 Å². The van der Waals surface area contributed by atoms with Crippen LogP contribution in [0.2, 0.25) is 0 Å². The highest BCUT2D eigenvalue weighted by Crippen LogP contribution is 2.34. The standard InChI is InChI=1S/C15H19N3.3C2H6/c1-15(2)6-3-14-13(9-15)10-17-18(14)11-12-4-7-16-8-5-12;3*1-2/h4-5,7-8,10H,3,6,9,11H2,1-2H3;3*1-2H3. The molecule has 2 heterocycles. The fourth-order valence-electron chi connectivity index (χ4n) is 2.74. The number of fused-ring (bicyclic) bond motifs is 1. The fourth-order valence-corrected chi connectivity index (χ4v) is 2.74. The van der Waals surface area contributed by atoms with Crippen LogP contribution in [0.25, 0.3) is 0 Å². The smallest absolute Gasteiger partial charge is 0.0663 e. The molecule has 1 aliphatic carbocycles. The minimum absolute atomic E-state index is 0.428. The van der Waals surface area contributed by atoms with E-state index < -0.39 is 0 Å². The molecule has 24 heavy (non-hydrogen) atoms. The molecule has 0 saturated carbocycles. The van der Waals surface area contributed by atoms with Gasteiger partial charge in [0.2, 0.25) is 0 Å². The maximum absolute atomic E-state index is 4.55. The van der Waals surface area contributed by atoms with Crippen LogP contribution in [0.5, 0.6) is 0 Å². The zero-order valence-electron chi connectivity index (χ0n) is 17.1. The van der Waals surface area contributed by atoms with E-state index in [0.29, 0.717) is 5.41 Å². The van der Waals surface area contributed by atoms with Crippen molar-refractivity contribution in [1.82, 2.24) is 14.8 Å². The Morgan fingerprint density at radius 1 is 1.00 bits per heavy atom. The van der Waals surface area contributed by atoms with E-state index in [2.05, 4.69) is 46.9 Å². The third-order valence-corrected chi connectivity index (χ3v) is 3.82. The van der Waals surface area contributed by atoms with E-state index in [0.717, 1.165) is 19.4 Å². The summed E-state index contributed by atoms with van der Waals surface area (Å²) in [6.45, 7) is 17.5. The van der Waals surface area contributed by atoms with Gasteiger partial charge in [-0.2, -0.15) is 5.10 Å². The van der Waals surface area contributed by atoms with E-state index in [1.165, 1.54) is 23.2 Å². The maximum atomic E-state index is 4.55. The maximum Gasteiger partial charge on any atom is 0.0663 e. The van der Waals surface area contributed by atoms with Crippen LogP contribution in [0.3, 0.4) is 0 Å². The number of pyridine rings is 1. The van der Waals surface area contributed by atoms with E-state index in [1.807, 2.05) is 53.9 Å². The van der Waals surface area contributed by atoms with Gasteiger partial charge >= 0.3 is 0 Å². The van der Waals surface area contributed by atoms with Gasteiger partial charge in [-0.1, -0.05) is 55.4 Å². The molecule has 136 valence electrons. The van der Waals surface area contributed by atoms with Crippen molar-refractivity contribution in [2.75, 3.05) is 0 Å². The lowest BCUT2D eigenvalue weighted by Crippen LogP contribution is -2.23. The highest BCUT2D eigenvalue weighted by molar-refractivity contribution is 5.24. The van der Waals surface area contributed by atoms with E-state index in [4.69, 9.17) is 0 Å². The highest BCUT2D eigenvalue weighted by atomic mass is 15.3. The number of rotatable bonds is 2. The summed E-state index contributed by atoms with van der Waals surface area (Å²) in [4.78, 5) is 4.05. The third-order valence-electron chi connectivity index (χ3n) is 3.82. The van der Waals surface area contributed by atoms with Crippen molar-refractivity contribution in [3.05, 3.63) is 47.5 Å². The van der Waals surface area contributed by atoms with Crippen LogP contribution in [-0.2, 0) is 19.4 Å². The number of aromatic nitrogens is 3. The molecule has 0 spiro atoms. The molecule has 0 radical (unpaired) electrons. The first kappa shape index (κ1) is 22.4. The number of hydrogen-bond acceptors (Lipinski definition) is 2. The molecule has 0 aromatic carbocycles. The van der Waals surface area contributed by atoms with Gasteiger partial charge in [0.1, 0.15) is 0 Å². The summed E-state index contributed by atoms with van der Waals surface area (Å²) in [6, 6.07) is 4.11. The Morgan fingerprint density at radius 2 is 1.58 bits per heavy atom. The van der Waals surface area contributed by atoms with Crippen LogP contribution < -0.4 is 0 Å².